The predicted octanol–water partition coefficient (Wildman–Crippen LogP) is 2.46. The average Bonchev–Trinajstić information content (AvgIpc) is 2.87. The molecular weight excluding hydrogens is 330 g/mol. The van der Waals surface area contributed by atoms with E-state index in [1.54, 1.807) is 6.33 Å². The van der Waals surface area contributed by atoms with Gasteiger partial charge in [0, 0.05) is 17.4 Å². The molecule has 19 heavy (non-hydrogen) atoms. The fourth-order valence-electron chi connectivity index (χ4n) is 1.94. The van der Waals surface area contributed by atoms with E-state index in [4.69, 9.17) is 17.4 Å². The maximum absolute atomic E-state index is 6.30. The van der Waals surface area contributed by atoms with E-state index in [-0.39, 0.29) is 6.04 Å². The third-order valence-electron chi connectivity index (χ3n) is 2.94. The Balaban J connectivity index is 2.28. The molecule has 1 aromatic carbocycles. The molecule has 1 unspecified atom stereocenters. The standard InChI is InChI=1S/C12H15BrClN5/c1-2-19-11(16-7-17-19)6-10(18-15)8-4-3-5-9(13)12(8)14/h3-5,7,10,18H,2,6,15H2,1H3. The van der Waals surface area contributed by atoms with Crippen LogP contribution in [0.1, 0.15) is 24.4 Å². The quantitative estimate of drug-likeness (QED) is 0.646. The number of rotatable bonds is 5. The molecule has 102 valence electrons. The van der Waals surface area contributed by atoms with Gasteiger partial charge in [-0.3, -0.25) is 16.0 Å². The van der Waals surface area contributed by atoms with Crippen LogP contribution in [0.15, 0.2) is 29.0 Å². The molecule has 0 aliphatic heterocycles. The van der Waals surface area contributed by atoms with E-state index in [1.165, 1.54) is 0 Å². The summed E-state index contributed by atoms with van der Waals surface area (Å²) < 4.78 is 2.69. The number of halogens is 2. The number of nitrogens with two attached hydrogens (primary N) is 1. The zero-order chi connectivity index (χ0) is 13.8. The maximum atomic E-state index is 6.30. The van der Waals surface area contributed by atoms with Gasteiger partial charge in [0.15, 0.2) is 0 Å². The van der Waals surface area contributed by atoms with Crippen molar-refractivity contribution in [2.75, 3.05) is 0 Å². The molecule has 5 nitrogen and oxygen atoms in total. The van der Waals surface area contributed by atoms with Crippen LogP contribution < -0.4 is 11.3 Å². The number of nitrogens with zero attached hydrogens (tertiary/aromatic N) is 3. The SMILES string of the molecule is CCn1ncnc1CC(NN)c1cccc(Br)c1Cl. The molecule has 1 heterocycles. The van der Waals surface area contributed by atoms with Gasteiger partial charge in [-0.25, -0.2) is 4.98 Å². The first kappa shape index (κ1) is 14.5. The van der Waals surface area contributed by atoms with Gasteiger partial charge < -0.3 is 0 Å². The molecule has 0 saturated heterocycles. The number of hydrazine groups is 1. The van der Waals surface area contributed by atoms with Crippen LogP contribution >= 0.6 is 27.5 Å². The lowest BCUT2D eigenvalue weighted by molar-refractivity contribution is 0.510. The van der Waals surface area contributed by atoms with Crippen LogP contribution in [-0.4, -0.2) is 14.8 Å². The van der Waals surface area contributed by atoms with Gasteiger partial charge in [-0.1, -0.05) is 23.7 Å². The van der Waals surface area contributed by atoms with Gasteiger partial charge >= 0.3 is 0 Å². The molecule has 2 aromatic rings. The number of nitrogens with one attached hydrogen (secondary N) is 1. The van der Waals surface area contributed by atoms with Crippen molar-refractivity contribution in [3.8, 4) is 0 Å². The molecule has 1 aromatic heterocycles. The lowest BCUT2D eigenvalue weighted by Crippen LogP contribution is -2.30. The minimum Gasteiger partial charge on any atom is -0.271 e. The van der Waals surface area contributed by atoms with Crippen molar-refractivity contribution in [3.63, 3.8) is 0 Å². The van der Waals surface area contributed by atoms with E-state index in [0.29, 0.717) is 11.4 Å². The van der Waals surface area contributed by atoms with Gasteiger partial charge in [-0.05, 0) is 34.5 Å². The number of aromatic nitrogens is 3. The Kier molecular flexibility index (Phi) is 4.93. The summed E-state index contributed by atoms with van der Waals surface area (Å²) in [5, 5.41) is 4.81. The Bertz CT molecular complexity index is 557. The largest absolute Gasteiger partial charge is 0.271 e. The molecule has 0 bridgehead atoms. The monoisotopic (exact) mass is 343 g/mol. The summed E-state index contributed by atoms with van der Waals surface area (Å²) in [7, 11) is 0. The molecule has 0 aliphatic rings. The van der Waals surface area contributed by atoms with Crippen LogP contribution in [-0.2, 0) is 13.0 Å². The summed E-state index contributed by atoms with van der Waals surface area (Å²) in [6, 6.07) is 5.66. The minimum absolute atomic E-state index is 0.112. The minimum atomic E-state index is -0.112. The van der Waals surface area contributed by atoms with Crippen molar-refractivity contribution >= 4 is 27.5 Å². The summed E-state index contributed by atoms with van der Waals surface area (Å²) in [6.07, 6.45) is 2.18. The molecular formula is C12H15BrClN5. The van der Waals surface area contributed by atoms with Crippen LogP contribution in [0.2, 0.25) is 5.02 Å². The maximum Gasteiger partial charge on any atom is 0.138 e. The molecule has 3 N–H and O–H groups in total. The van der Waals surface area contributed by atoms with Crippen LogP contribution in [0, 0.1) is 0 Å². The van der Waals surface area contributed by atoms with E-state index >= 15 is 0 Å². The van der Waals surface area contributed by atoms with Crippen molar-refractivity contribution in [3.05, 3.63) is 45.4 Å². The summed E-state index contributed by atoms with van der Waals surface area (Å²) in [4.78, 5) is 4.25. The molecule has 2 rings (SSSR count). The Labute approximate surface area is 125 Å². The Morgan fingerprint density at radius 3 is 3.00 bits per heavy atom. The number of aryl methyl sites for hydroxylation is 1. The van der Waals surface area contributed by atoms with Crippen molar-refractivity contribution in [2.24, 2.45) is 5.84 Å². The summed E-state index contributed by atoms with van der Waals surface area (Å²) in [5.74, 6) is 6.53. The van der Waals surface area contributed by atoms with Gasteiger partial charge in [-0.2, -0.15) is 5.10 Å². The van der Waals surface area contributed by atoms with Crippen molar-refractivity contribution in [1.82, 2.24) is 20.2 Å². The van der Waals surface area contributed by atoms with E-state index in [9.17, 15) is 0 Å². The zero-order valence-electron chi connectivity index (χ0n) is 10.5. The number of hydrogen-bond donors (Lipinski definition) is 2. The normalized spacial score (nSPS) is 12.6. The molecule has 0 fully saturated rings. The highest BCUT2D eigenvalue weighted by molar-refractivity contribution is 9.10. The third-order valence-corrected chi connectivity index (χ3v) is 4.25. The van der Waals surface area contributed by atoms with Crippen LogP contribution in [0.3, 0.4) is 0 Å². The Morgan fingerprint density at radius 2 is 2.32 bits per heavy atom. The second-order valence-corrected chi connectivity index (χ2v) is 5.29. The van der Waals surface area contributed by atoms with Gasteiger partial charge in [0.05, 0.1) is 11.1 Å². The summed E-state index contributed by atoms with van der Waals surface area (Å²) >= 11 is 9.71. The first-order valence-electron chi connectivity index (χ1n) is 5.94. The lowest BCUT2D eigenvalue weighted by Gasteiger charge is -2.18. The number of hydrogen-bond acceptors (Lipinski definition) is 4. The average molecular weight is 345 g/mol. The van der Waals surface area contributed by atoms with Gasteiger partial charge in [0.2, 0.25) is 0 Å². The smallest absolute Gasteiger partial charge is 0.138 e. The van der Waals surface area contributed by atoms with E-state index in [1.807, 2.05) is 29.8 Å². The molecule has 0 spiro atoms. The van der Waals surface area contributed by atoms with Crippen molar-refractivity contribution in [2.45, 2.75) is 25.9 Å². The van der Waals surface area contributed by atoms with E-state index < -0.39 is 0 Å². The first-order valence-corrected chi connectivity index (χ1v) is 7.11. The van der Waals surface area contributed by atoms with Crippen LogP contribution in [0.4, 0.5) is 0 Å². The van der Waals surface area contributed by atoms with Gasteiger partial charge in [0.1, 0.15) is 12.2 Å². The second kappa shape index (κ2) is 6.47. The first-order chi connectivity index (χ1) is 9.17. The van der Waals surface area contributed by atoms with Gasteiger partial charge in [0.25, 0.3) is 0 Å². The zero-order valence-corrected chi connectivity index (χ0v) is 12.8. The molecule has 1 atom stereocenters. The summed E-state index contributed by atoms with van der Waals surface area (Å²) in [6.45, 7) is 2.80. The predicted molar refractivity (Wildman–Crippen MR) is 78.6 cm³/mol. The highest BCUT2D eigenvalue weighted by atomic mass is 79.9. The summed E-state index contributed by atoms with van der Waals surface area (Å²) in [5.41, 5.74) is 3.72. The fraction of sp³-hybridized carbons (Fsp3) is 0.333. The highest BCUT2D eigenvalue weighted by Gasteiger charge is 2.18. The van der Waals surface area contributed by atoms with Crippen molar-refractivity contribution < 1.29 is 0 Å². The molecule has 0 aliphatic carbocycles. The third kappa shape index (κ3) is 3.14. The van der Waals surface area contributed by atoms with Crippen LogP contribution in [0.5, 0.6) is 0 Å². The number of benzene rings is 1. The molecule has 0 radical (unpaired) electrons. The van der Waals surface area contributed by atoms with Crippen LogP contribution in [0.25, 0.3) is 0 Å². The molecule has 0 saturated carbocycles. The second-order valence-electron chi connectivity index (χ2n) is 4.06. The van der Waals surface area contributed by atoms with Crippen molar-refractivity contribution in [1.29, 1.82) is 0 Å². The topological polar surface area (TPSA) is 68.8 Å². The van der Waals surface area contributed by atoms with E-state index in [2.05, 4.69) is 31.4 Å². The lowest BCUT2D eigenvalue weighted by atomic mass is 10.0. The Morgan fingerprint density at radius 1 is 1.53 bits per heavy atom. The fourth-order valence-corrected chi connectivity index (χ4v) is 2.58. The highest BCUT2D eigenvalue weighted by Crippen LogP contribution is 2.31. The van der Waals surface area contributed by atoms with E-state index in [0.717, 1.165) is 22.4 Å². The van der Waals surface area contributed by atoms with Gasteiger partial charge in [-0.15, -0.1) is 0 Å². The Hall–Kier alpha value is -0.950. The molecule has 7 heteroatoms. The molecule has 0 amide bonds.